The van der Waals surface area contributed by atoms with Gasteiger partial charge in [0.2, 0.25) is 5.75 Å². The number of hydrogen-bond donors (Lipinski definition) is 1. The van der Waals surface area contributed by atoms with E-state index in [0.717, 1.165) is 61.5 Å². The molecule has 0 atom stereocenters. The fraction of sp³-hybridized carbons (Fsp3) is 0.525. The zero-order chi connectivity index (χ0) is 32.3. The molecule has 0 saturated heterocycles. The molecular formula is C40H58N2O3. The van der Waals surface area contributed by atoms with Crippen LogP contribution in [0.2, 0.25) is 0 Å². The predicted molar refractivity (Wildman–Crippen MR) is 193 cm³/mol. The van der Waals surface area contributed by atoms with E-state index in [0.29, 0.717) is 37.8 Å². The van der Waals surface area contributed by atoms with Crippen LogP contribution in [0.15, 0.2) is 76.6 Å². The molecule has 0 aliphatic rings. The second kappa shape index (κ2) is 20.5. The summed E-state index contributed by atoms with van der Waals surface area (Å²) >= 11 is 0. The van der Waals surface area contributed by atoms with Gasteiger partial charge in [0, 0.05) is 24.2 Å². The second-order valence-electron chi connectivity index (χ2n) is 12.5. The van der Waals surface area contributed by atoms with Crippen LogP contribution in [0.5, 0.6) is 11.5 Å². The molecule has 0 amide bonds. The monoisotopic (exact) mass is 614 g/mol. The molecule has 1 N–H and O–H groups in total. The summed E-state index contributed by atoms with van der Waals surface area (Å²) in [6.07, 6.45) is 17.8. The van der Waals surface area contributed by atoms with Gasteiger partial charge < -0.3 is 19.4 Å². The zero-order valence-corrected chi connectivity index (χ0v) is 28.8. The highest BCUT2D eigenvalue weighted by atomic mass is 16.5. The van der Waals surface area contributed by atoms with Crippen molar-refractivity contribution in [3.8, 4) is 11.5 Å². The molecule has 246 valence electrons. The van der Waals surface area contributed by atoms with E-state index in [1.165, 1.54) is 48.8 Å². The number of hydrogen-bond acceptors (Lipinski definition) is 4. The predicted octanol–water partition coefficient (Wildman–Crippen LogP) is 11.0. The Balaban J connectivity index is 1.96. The van der Waals surface area contributed by atoms with Gasteiger partial charge in [-0.3, -0.25) is 4.79 Å². The first-order valence-corrected chi connectivity index (χ1v) is 17.5. The van der Waals surface area contributed by atoms with Crippen molar-refractivity contribution in [2.75, 3.05) is 18.5 Å². The highest BCUT2D eigenvalue weighted by molar-refractivity contribution is 5.90. The SMILES string of the molecule is CCCCCCCCn1c(=O)c(OCCCCCC)c(OC/C=C(\C)CCC=C(C)C)c2ccc(NCc3ccccc3)cc21. The van der Waals surface area contributed by atoms with E-state index >= 15 is 0 Å². The molecule has 0 bridgehead atoms. The van der Waals surface area contributed by atoms with Crippen molar-refractivity contribution in [2.24, 2.45) is 0 Å². The first-order chi connectivity index (χ1) is 21.9. The van der Waals surface area contributed by atoms with Gasteiger partial charge in [0.15, 0.2) is 5.75 Å². The number of anilines is 1. The van der Waals surface area contributed by atoms with Crippen molar-refractivity contribution in [1.29, 1.82) is 0 Å². The summed E-state index contributed by atoms with van der Waals surface area (Å²) in [5.41, 5.74) is 5.62. The molecule has 2 aromatic carbocycles. The van der Waals surface area contributed by atoms with Crippen molar-refractivity contribution in [2.45, 2.75) is 125 Å². The first kappa shape index (κ1) is 36.0. The fourth-order valence-corrected chi connectivity index (χ4v) is 5.51. The lowest BCUT2D eigenvalue weighted by molar-refractivity contribution is 0.272. The van der Waals surface area contributed by atoms with Crippen LogP contribution in [0, 0.1) is 0 Å². The van der Waals surface area contributed by atoms with Crippen molar-refractivity contribution in [1.82, 2.24) is 4.57 Å². The zero-order valence-electron chi connectivity index (χ0n) is 28.8. The minimum atomic E-state index is -0.0916. The minimum absolute atomic E-state index is 0.0916. The molecule has 0 saturated carbocycles. The topological polar surface area (TPSA) is 52.5 Å². The van der Waals surface area contributed by atoms with E-state index in [4.69, 9.17) is 9.47 Å². The molecule has 1 aromatic heterocycles. The third-order valence-corrected chi connectivity index (χ3v) is 8.25. The largest absolute Gasteiger partial charge is 0.485 e. The fourth-order valence-electron chi connectivity index (χ4n) is 5.51. The van der Waals surface area contributed by atoms with Crippen LogP contribution in [-0.2, 0) is 13.1 Å². The smallest absolute Gasteiger partial charge is 0.297 e. The molecule has 3 aromatic rings. The van der Waals surface area contributed by atoms with Gasteiger partial charge in [0.1, 0.15) is 6.61 Å². The number of allylic oxidation sites excluding steroid dienone is 3. The lowest BCUT2D eigenvalue weighted by atomic mass is 10.1. The Labute approximate surface area is 272 Å². The van der Waals surface area contributed by atoms with Gasteiger partial charge in [0.05, 0.1) is 12.1 Å². The molecule has 0 spiro atoms. The average Bonchev–Trinajstić information content (AvgIpc) is 3.04. The van der Waals surface area contributed by atoms with Gasteiger partial charge in [-0.05, 0) is 76.3 Å². The van der Waals surface area contributed by atoms with Crippen LogP contribution >= 0.6 is 0 Å². The summed E-state index contributed by atoms with van der Waals surface area (Å²) in [5, 5.41) is 4.48. The van der Waals surface area contributed by atoms with Crippen LogP contribution in [0.25, 0.3) is 10.9 Å². The number of rotatable bonds is 22. The van der Waals surface area contributed by atoms with Crippen LogP contribution in [0.4, 0.5) is 5.69 Å². The lowest BCUT2D eigenvalue weighted by Gasteiger charge is -2.19. The quantitative estimate of drug-likeness (QED) is 0.0903. The van der Waals surface area contributed by atoms with Crippen LogP contribution in [0.1, 0.15) is 117 Å². The maximum atomic E-state index is 14.2. The van der Waals surface area contributed by atoms with E-state index in [2.05, 4.69) is 94.6 Å². The van der Waals surface area contributed by atoms with Gasteiger partial charge in [-0.1, -0.05) is 113 Å². The number of fused-ring (bicyclic) bond motifs is 1. The van der Waals surface area contributed by atoms with Crippen LogP contribution < -0.4 is 20.3 Å². The molecule has 1 heterocycles. The summed E-state index contributed by atoms with van der Waals surface area (Å²) in [5.74, 6) is 0.915. The molecule has 5 heteroatoms. The maximum Gasteiger partial charge on any atom is 0.297 e. The summed E-state index contributed by atoms with van der Waals surface area (Å²) in [4.78, 5) is 14.2. The summed E-state index contributed by atoms with van der Waals surface area (Å²) in [7, 11) is 0. The van der Waals surface area contributed by atoms with E-state index in [-0.39, 0.29) is 5.56 Å². The molecule has 0 aliphatic carbocycles. The highest BCUT2D eigenvalue weighted by Gasteiger charge is 2.20. The van der Waals surface area contributed by atoms with E-state index < -0.39 is 0 Å². The maximum absolute atomic E-state index is 14.2. The molecule has 5 nitrogen and oxygen atoms in total. The van der Waals surface area contributed by atoms with Gasteiger partial charge in [0.25, 0.3) is 5.56 Å². The third kappa shape index (κ3) is 12.4. The second-order valence-corrected chi connectivity index (χ2v) is 12.5. The van der Waals surface area contributed by atoms with Crippen molar-refractivity contribution in [3.05, 3.63) is 87.7 Å². The Morgan fingerprint density at radius 1 is 0.800 bits per heavy atom. The molecule has 0 unspecified atom stereocenters. The van der Waals surface area contributed by atoms with E-state index in [1.54, 1.807) is 0 Å². The third-order valence-electron chi connectivity index (χ3n) is 8.25. The molecular weight excluding hydrogens is 556 g/mol. The number of nitrogens with one attached hydrogen (secondary N) is 1. The summed E-state index contributed by atoms with van der Waals surface area (Å²) in [6.45, 7) is 13.2. The number of aromatic nitrogens is 1. The number of pyridine rings is 1. The number of unbranched alkanes of at least 4 members (excludes halogenated alkanes) is 8. The van der Waals surface area contributed by atoms with E-state index in [9.17, 15) is 4.79 Å². The van der Waals surface area contributed by atoms with Crippen LogP contribution in [0.3, 0.4) is 0 Å². The van der Waals surface area contributed by atoms with Crippen molar-refractivity contribution < 1.29 is 9.47 Å². The Kier molecular flexibility index (Phi) is 16.4. The highest BCUT2D eigenvalue weighted by Crippen LogP contribution is 2.35. The molecule has 0 aliphatic heterocycles. The number of nitrogens with zero attached hydrogens (tertiary/aromatic N) is 1. The van der Waals surface area contributed by atoms with Crippen molar-refractivity contribution in [3.63, 3.8) is 0 Å². The molecule has 0 radical (unpaired) electrons. The Hall–Kier alpha value is -3.47. The summed E-state index contributed by atoms with van der Waals surface area (Å²) in [6, 6.07) is 16.7. The molecule has 45 heavy (non-hydrogen) atoms. The minimum Gasteiger partial charge on any atom is -0.485 e. The number of benzene rings is 2. The van der Waals surface area contributed by atoms with Gasteiger partial charge in [-0.2, -0.15) is 0 Å². The Morgan fingerprint density at radius 2 is 1.51 bits per heavy atom. The van der Waals surface area contributed by atoms with E-state index in [1.807, 2.05) is 10.6 Å². The normalized spacial score (nSPS) is 11.5. The van der Waals surface area contributed by atoms with Gasteiger partial charge in [-0.15, -0.1) is 0 Å². The number of ether oxygens (including phenoxy) is 2. The molecule has 0 fully saturated rings. The standard InChI is InChI=1S/C40H58N2O3/c1-6-8-10-12-13-17-27-42-37-30-35(41-31-34-22-15-14-16-23-34)24-25-36(37)38(39(40(42)43)44-28-18-11-9-7-2)45-29-26-33(5)21-19-20-32(3)4/h14-16,20,22-26,30,41H,6-13,17-19,21,27-29,31H2,1-5H3/b33-26+. The lowest BCUT2D eigenvalue weighted by Crippen LogP contribution is -2.24. The first-order valence-electron chi connectivity index (χ1n) is 17.5. The molecule has 3 rings (SSSR count). The Morgan fingerprint density at radius 3 is 2.24 bits per heavy atom. The average molecular weight is 615 g/mol. The van der Waals surface area contributed by atoms with Crippen molar-refractivity contribution >= 4 is 16.6 Å². The Bertz CT molecular complexity index is 1400. The van der Waals surface area contributed by atoms with Crippen LogP contribution in [-0.4, -0.2) is 17.8 Å². The van der Waals surface area contributed by atoms with Gasteiger partial charge >= 0.3 is 0 Å². The number of aryl methyl sites for hydroxylation is 1. The summed E-state index contributed by atoms with van der Waals surface area (Å²) < 4.78 is 14.7. The van der Waals surface area contributed by atoms with Gasteiger partial charge in [-0.25, -0.2) is 0 Å².